The molecule has 3 rings (SSSR count). The summed E-state index contributed by atoms with van der Waals surface area (Å²) < 4.78 is 0. The molecule has 0 radical (unpaired) electrons. The quantitative estimate of drug-likeness (QED) is 0.346. The van der Waals surface area contributed by atoms with E-state index in [1.807, 2.05) is 19.2 Å². The number of aromatic nitrogens is 3. The van der Waals surface area contributed by atoms with Gasteiger partial charge in [0.25, 0.3) is 0 Å². The van der Waals surface area contributed by atoms with E-state index in [-0.39, 0.29) is 24.0 Å². The number of aliphatic imine (C=N–C) groups is 1. The molecule has 27 heavy (non-hydrogen) atoms. The Morgan fingerprint density at radius 2 is 2.19 bits per heavy atom. The molecule has 7 nitrogen and oxygen atoms in total. The first-order valence-corrected chi connectivity index (χ1v) is 9.22. The van der Waals surface area contributed by atoms with Crippen LogP contribution in [0.4, 0.5) is 0 Å². The molecular formula is C19H30IN7. The van der Waals surface area contributed by atoms with Gasteiger partial charge in [0.05, 0.1) is 0 Å². The number of rotatable bonds is 5. The second-order valence-corrected chi connectivity index (χ2v) is 7.24. The van der Waals surface area contributed by atoms with E-state index in [1.165, 1.54) is 11.9 Å². The normalized spacial score (nSPS) is 20.6. The zero-order chi connectivity index (χ0) is 18.5. The highest BCUT2D eigenvalue weighted by atomic mass is 127. The van der Waals surface area contributed by atoms with Gasteiger partial charge in [0.15, 0.2) is 11.8 Å². The fraction of sp³-hybridized carbons (Fsp3) is 0.526. The van der Waals surface area contributed by atoms with Crippen LogP contribution in [0.15, 0.2) is 35.6 Å². The molecule has 2 unspecified atom stereocenters. The summed E-state index contributed by atoms with van der Waals surface area (Å²) in [5, 5.41) is 13.8. The molecule has 148 valence electrons. The fourth-order valence-corrected chi connectivity index (χ4v) is 3.34. The monoisotopic (exact) mass is 483 g/mol. The van der Waals surface area contributed by atoms with Gasteiger partial charge in [-0.05, 0) is 31.4 Å². The minimum absolute atomic E-state index is 0. The number of likely N-dealkylation sites (tertiary alicyclic amines) is 1. The maximum Gasteiger partial charge on any atom is 0.191 e. The number of guanidine groups is 1. The lowest BCUT2D eigenvalue weighted by molar-refractivity contribution is 0.265. The molecule has 1 aromatic heterocycles. The van der Waals surface area contributed by atoms with Gasteiger partial charge in [-0.25, -0.2) is 4.98 Å². The van der Waals surface area contributed by atoms with Crippen LogP contribution in [0.25, 0.3) is 11.4 Å². The molecule has 2 aromatic rings. The minimum Gasteiger partial charge on any atom is -0.352 e. The molecule has 2 heterocycles. The number of aromatic amines is 1. The molecular weight excluding hydrogens is 453 g/mol. The molecule has 0 saturated carbocycles. The van der Waals surface area contributed by atoms with Crippen molar-refractivity contribution in [3.8, 4) is 11.4 Å². The van der Waals surface area contributed by atoms with Gasteiger partial charge < -0.3 is 10.6 Å². The third-order valence-corrected chi connectivity index (χ3v) is 4.99. The van der Waals surface area contributed by atoms with Crippen molar-refractivity contribution in [2.75, 3.05) is 20.1 Å². The first-order valence-electron chi connectivity index (χ1n) is 9.22. The number of benzene rings is 1. The Hall–Kier alpha value is -1.68. The van der Waals surface area contributed by atoms with E-state index in [0.717, 1.165) is 30.4 Å². The van der Waals surface area contributed by atoms with Gasteiger partial charge in [0.1, 0.15) is 6.33 Å². The summed E-state index contributed by atoms with van der Waals surface area (Å²) in [6, 6.07) is 9.27. The Morgan fingerprint density at radius 1 is 1.37 bits per heavy atom. The molecule has 0 bridgehead atoms. The fourth-order valence-electron chi connectivity index (χ4n) is 3.34. The van der Waals surface area contributed by atoms with Gasteiger partial charge in [-0.1, -0.05) is 25.1 Å². The molecule has 1 aliphatic heterocycles. The van der Waals surface area contributed by atoms with E-state index >= 15 is 0 Å². The molecule has 8 heteroatoms. The zero-order valence-corrected chi connectivity index (χ0v) is 18.8. The molecule has 1 aliphatic rings. The summed E-state index contributed by atoms with van der Waals surface area (Å²) in [6.07, 6.45) is 1.52. The van der Waals surface area contributed by atoms with E-state index < -0.39 is 0 Å². The highest BCUT2D eigenvalue weighted by Crippen LogP contribution is 2.19. The van der Waals surface area contributed by atoms with Crippen LogP contribution in [0.2, 0.25) is 0 Å². The Bertz CT molecular complexity index is 729. The number of nitrogens with one attached hydrogen (secondary N) is 3. The van der Waals surface area contributed by atoms with Crippen LogP contribution in [0.3, 0.4) is 0 Å². The molecule has 3 N–H and O–H groups in total. The van der Waals surface area contributed by atoms with Gasteiger partial charge >= 0.3 is 0 Å². The minimum atomic E-state index is 0. The summed E-state index contributed by atoms with van der Waals surface area (Å²) >= 11 is 0. The van der Waals surface area contributed by atoms with Crippen molar-refractivity contribution in [1.29, 1.82) is 0 Å². The van der Waals surface area contributed by atoms with E-state index in [9.17, 15) is 0 Å². The third-order valence-electron chi connectivity index (χ3n) is 4.99. The number of halogens is 1. The van der Waals surface area contributed by atoms with Crippen molar-refractivity contribution in [2.24, 2.45) is 10.9 Å². The van der Waals surface area contributed by atoms with Crippen LogP contribution < -0.4 is 10.6 Å². The second-order valence-electron chi connectivity index (χ2n) is 7.24. The van der Waals surface area contributed by atoms with Crippen LogP contribution in [-0.2, 0) is 6.54 Å². The number of nitrogens with zero attached hydrogens (tertiary/aromatic N) is 4. The summed E-state index contributed by atoms with van der Waals surface area (Å²) in [5.74, 6) is 2.23. The van der Waals surface area contributed by atoms with Gasteiger partial charge in [-0.3, -0.25) is 15.0 Å². The lowest BCUT2D eigenvalue weighted by Crippen LogP contribution is -2.46. The molecule has 1 fully saturated rings. The maximum absolute atomic E-state index is 4.39. The standard InChI is InChI=1S/C19H29N7.HI/c1-13(2)26-10-14(3)17(11-26)24-19(20-4)21-9-15-6-5-7-16(8-15)18-22-12-23-25-18;/h5-8,12-14,17H,9-11H2,1-4H3,(H2,20,21,24)(H,22,23,25);1H. The Morgan fingerprint density at radius 3 is 2.81 bits per heavy atom. The Labute approximate surface area is 178 Å². The predicted octanol–water partition coefficient (Wildman–Crippen LogP) is 2.48. The summed E-state index contributed by atoms with van der Waals surface area (Å²) in [5.41, 5.74) is 2.20. The average molecular weight is 483 g/mol. The van der Waals surface area contributed by atoms with Gasteiger partial charge in [0.2, 0.25) is 0 Å². The largest absolute Gasteiger partial charge is 0.352 e. The average Bonchev–Trinajstić information content (AvgIpc) is 3.29. The van der Waals surface area contributed by atoms with Crippen molar-refractivity contribution in [1.82, 2.24) is 30.7 Å². The Kier molecular flexibility index (Phi) is 8.03. The second kappa shape index (κ2) is 10.0. The first kappa shape index (κ1) is 21.6. The molecule has 2 atom stereocenters. The SMILES string of the molecule is CN=C(NCc1cccc(-c2ncn[nH]2)c1)NC1CN(C(C)C)CC1C.I. The summed E-state index contributed by atoms with van der Waals surface area (Å²) in [4.78, 5) is 11.1. The molecule has 0 spiro atoms. The first-order chi connectivity index (χ1) is 12.6. The maximum atomic E-state index is 4.39. The lowest BCUT2D eigenvalue weighted by atomic mass is 10.1. The Balaban J connectivity index is 0.00000261. The number of hydrogen-bond donors (Lipinski definition) is 3. The summed E-state index contributed by atoms with van der Waals surface area (Å²) in [7, 11) is 1.82. The van der Waals surface area contributed by atoms with Gasteiger partial charge in [-0.15, -0.1) is 24.0 Å². The van der Waals surface area contributed by atoms with E-state index in [2.05, 4.69) is 68.6 Å². The van der Waals surface area contributed by atoms with Crippen LogP contribution in [-0.4, -0.2) is 58.3 Å². The van der Waals surface area contributed by atoms with Crippen molar-refractivity contribution in [3.63, 3.8) is 0 Å². The van der Waals surface area contributed by atoms with Crippen molar-refractivity contribution >= 4 is 29.9 Å². The number of H-pyrrole nitrogens is 1. The molecule has 1 saturated heterocycles. The van der Waals surface area contributed by atoms with E-state index in [1.54, 1.807) is 0 Å². The molecule has 1 aromatic carbocycles. The predicted molar refractivity (Wildman–Crippen MR) is 120 cm³/mol. The third kappa shape index (κ3) is 5.65. The van der Waals surface area contributed by atoms with E-state index in [0.29, 0.717) is 24.5 Å². The summed E-state index contributed by atoms with van der Waals surface area (Å²) in [6.45, 7) is 9.70. The van der Waals surface area contributed by atoms with Crippen LogP contribution >= 0.6 is 24.0 Å². The van der Waals surface area contributed by atoms with Gasteiger partial charge in [0, 0.05) is 44.3 Å². The number of hydrogen-bond acceptors (Lipinski definition) is 4. The van der Waals surface area contributed by atoms with E-state index in [4.69, 9.17) is 0 Å². The molecule has 0 aliphatic carbocycles. The van der Waals surface area contributed by atoms with Crippen LogP contribution in [0, 0.1) is 5.92 Å². The topological polar surface area (TPSA) is 81.2 Å². The van der Waals surface area contributed by atoms with Crippen molar-refractivity contribution in [2.45, 2.75) is 39.4 Å². The highest BCUT2D eigenvalue weighted by Gasteiger charge is 2.31. The van der Waals surface area contributed by atoms with Crippen LogP contribution in [0.5, 0.6) is 0 Å². The van der Waals surface area contributed by atoms with Gasteiger partial charge in [-0.2, -0.15) is 5.10 Å². The van der Waals surface area contributed by atoms with Crippen LogP contribution in [0.1, 0.15) is 26.3 Å². The van der Waals surface area contributed by atoms with Crippen molar-refractivity contribution in [3.05, 3.63) is 36.2 Å². The van der Waals surface area contributed by atoms with Crippen molar-refractivity contribution < 1.29 is 0 Å². The molecule has 0 amide bonds. The zero-order valence-electron chi connectivity index (χ0n) is 16.4. The lowest BCUT2D eigenvalue weighted by Gasteiger charge is -2.22. The highest BCUT2D eigenvalue weighted by molar-refractivity contribution is 14.0. The smallest absolute Gasteiger partial charge is 0.191 e.